The fourth-order valence-electron chi connectivity index (χ4n) is 4.00. The maximum atomic E-state index is 11.0. The van der Waals surface area contributed by atoms with Crippen molar-refractivity contribution < 1.29 is 9.90 Å². The Morgan fingerprint density at radius 2 is 1.71 bits per heavy atom. The molecule has 98 valence electrons. The van der Waals surface area contributed by atoms with Gasteiger partial charge in [-0.05, 0) is 56.3 Å². The summed E-state index contributed by atoms with van der Waals surface area (Å²) >= 11 is 0. The normalized spacial score (nSPS) is 28.1. The molecule has 0 bridgehead atoms. The number of rotatable bonds is 3. The predicted molar refractivity (Wildman–Crippen MR) is 67.7 cm³/mol. The average Bonchev–Trinajstić information content (AvgIpc) is 2.70. The summed E-state index contributed by atoms with van der Waals surface area (Å²) in [5.74, 6) is -0.690. The van der Waals surface area contributed by atoms with Gasteiger partial charge in [0.1, 0.15) is 0 Å². The number of aliphatic carboxylic acids is 1. The van der Waals surface area contributed by atoms with Crippen LogP contribution in [-0.2, 0) is 4.79 Å². The molecule has 1 unspecified atom stereocenters. The Kier molecular flexibility index (Phi) is 3.48. The number of hydrogen-bond donors (Lipinski definition) is 2. The second-order valence-corrected chi connectivity index (χ2v) is 6.43. The molecule has 2 aliphatic carbocycles. The molecule has 2 saturated carbocycles. The standard InChI is InChI=1S/C14H25NO2/c1-11(15)14(10-12(16)17)8-6-13(7-9-14)4-2-3-5-13/h11H,2-10,15H2,1H3,(H,16,17). The quantitative estimate of drug-likeness (QED) is 0.796. The maximum Gasteiger partial charge on any atom is 0.303 e. The summed E-state index contributed by atoms with van der Waals surface area (Å²) < 4.78 is 0. The third-order valence-corrected chi connectivity index (χ3v) is 5.44. The molecule has 0 heterocycles. The first kappa shape index (κ1) is 12.9. The minimum Gasteiger partial charge on any atom is -0.481 e. The molecule has 2 aliphatic rings. The van der Waals surface area contributed by atoms with Crippen molar-refractivity contribution in [2.45, 2.75) is 70.8 Å². The van der Waals surface area contributed by atoms with E-state index in [1.54, 1.807) is 0 Å². The van der Waals surface area contributed by atoms with Gasteiger partial charge in [-0.3, -0.25) is 4.79 Å². The first-order chi connectivity index (χ1) is 7.98. The number of carboxylic acid groups (broad SMARTS) is 1. The van der Waals surface area contributed by atoms with Crippen LogP contribution in [-0.4, -0.2) is 17.1 Å². The van der Waals surface area contributed by atoms with Gasteiger partial charge in [0.05, 0.1) is 6.42 Å². The Morgan fingerprint density at radius 1 is 1.18 bits per heavy atom. The van der Waals surface area contributed by atoms with E-state index in [0.717, 1.165) is 12.8 Å². The Bertz CT molecular complexity index is 283. The van der Waals surface area contributed by atoms with Gasteiger partial charge in [0, 0.05) is 6.04 Å². The summed E-state index contributed by atoms with van der Waals surface area (Å²) in [5.41, 5.74) is 6.49. The van der Waals surface area contributed by atoms with Crippen molar-refractivity contribution in [1.29, 1.82) is 0 Å². The Balaban J connectivity index is 2.04. The van der Waals surface area contributed by atoms with Gasteiger partial charge in [0.2, 0.25) is 0 Å². The highest BCUT2D eigenvalue weighted by atomic mass is 16.4. The van der Waals surface area contributed by atoms with Crippen molar-refractivity contribution in [1.82, 2.24) is 0 Å². The van der Waals surface area contributed by atoms with Gasteiger partial charge in [-0.1, -0.05) is 12.8 Å². The molecule has 0 radical (unpaired) electrons. The fourth-order valence-corrected chi connectivity index (χ4v) is 4.00. The molecule has 3 heteroatoms. The average molecular weight is 239 g/mol. The smallest absolute Gasteiger partial charge is 0.303 e. The predicted octanol–water partition coefficient (Wildman–Crippen LogP) is 2.93. The number of nitrogens with two attached hydrogens (primary N) is 1. The van der Waals surface area contributed by atoms with E-state index in [1.165, 1.54) is 38.5 Å². The summed E-state index contributed by atoms with van der Waals surface area (Å²) in [7, 11) is 0. The molecule has 0 aromatic rings. The lowest BCUT2D eigenvalue weighted by Gasteiger charge is -2.46. The molecule has 2 fully saturated rings. The van der Waals surface area contributed by atoms with Gasteiger partial charge in [0.15, 0.2) is 0 Å². The largest absolute Gasteiger partial charge is 0.481 e. The van der Waals surface area contributed by atoms with Crippen LogP contribution in [0.25, 0.3) is 0 Å². The summed E-state index contributed by atoms with van der Waals surface area (Å²) in [4.78, 5) is 11.0. The van der Waals surface area contributed by atoms with Crippen molar-refractivity contribution in [2.24, 2.45) is 16.6 Å². The zero-order chi connectivity index (χ0) is 12.5. The van der Waals surface area contributed by atoms with Crippen molar-refractivity contribution in [3.05, 3.63) is 0 Å². The molecule has 17 heavy (non-hydrogen) atoms. The fraction of sp³-hybridized carbons (Fsp3) is 0.929. The minimum absolute atomic E-state index is 0.00245. The second kappa shape index (κ2) is 4.60. The summed E-state index contributed by atoms with van der Waals surface area (Å²) in [6.45, 7) is 1.98. The van der Waals surface area contributed by atoms with E-state index in [1.807, 2.05) is 6.92 Å². The zero-order valence-corrected chi connectivity index (χ0v) is 10.9. The SMILES string of the molecule is CC(N)C1(CC(=O)O)CCC2(CCCC2)CC1. The first-order valence-corrected chi connectivity index (χ1v) is 6.96. The third kappa shape index (κ3) is 2.49. The highest BCUT2D eigenvalue weighted by molar-refractivity contribution is 5.67. The molecule has 0 aromatic carbocycles. The van der Waals surface area contributed by atoms with Gasteiger partial charge in [-0.25, -0.2) is 0 Å². The van der Waals surface area contributed by atoms with E-state index in [2.05, 4.69) is 0 Å². The van der Waals surface area contributed by atoms with Gasteiger partial charge in [-0.15, -0.1) is 0 Å². The van der Waals surface area contributed by atoms with Gasteiger partial charge < -0.3 is 10.8 Å². The zero-order valence-electron chi connectivity index (χ0n) is 10.9. The van der Waals surface area contributed by atoms with E-state index in [9.17, 15) is 4.79 Å². The molecular weight excluding hydrogens is 214 g/mol. The summed E-state index contributed by atoms with van der Waals surface area (Å²) in [6, 6.07) is -0.00245. The molecule has 1 spiro atoms. The Morgan fingerprint density at radius 3 is 2.12 bits per heavy atom. The third-order valence-electron chi connectivity index (χ3n) is 5.44. The maximum absolute atomic E-state index is 11.0. The van der Waals surface area contributed by atoms with Crippen LogP contribution in [0.4, 0.5) is 0 Å². The van der Waals surface area contributed by atoms with Crippen LogP contribution in [0.3, 0.4) is 0 Å². The van der Waals surface area contributed by atoms with Gasteiger partial charge >= 0.3 is 5.97 Å². The first-order valence-electron chi connectivity index (χ1n) is 6.96. The van der Waals surface area contributed by atoms with Crippen LogP contribution in [0.15, 0.2) is 0 Å². The van der Waals surface area contributed by atoms with E-state index in [4.69, 9.17) is 10.8 Å². The van der Waals surface area contributed by atoms with Crippen molar-refractivity contribution >= 4 is 5.97 Å². The van der Waals surface area contributed by atoms with Crippen LogP contribution >= 0.6 is 0 Å². The highest BCUT2D eigenvalue weighted by Gasteiger charge is 2.46. The molecule has 2 rings (SSSR count). The lowest BCUT2D eigenvalue weighted by atomic mass is 9.59. The van der Waals surface area contributed by atoms with Crippen LogP contribution in [0.5, 0.6) is 0 Å². The van der Waals surface area contributed by atoms with Crippen LogP contribution in [0, 0.1) is 10.8 Å². The number of hydrogen-bond acceptors (Lipinski definition) is 2. The second-order valence-electron chi connectivity index (χ2n) is 6.43. The summed E-state index contributed by atoms with van der Waals surface area (Å²) in [5, 5.41) is 9.08. The molecular formula is C14H25NO2. The molecule has 0 aromatic heterocycles. The van der Waals surface area contributed by atoms with Gasteiger partial charge in [-0.2, -0.15) is 0 Å². The summed E-state index contributed by atoms with van der Waals surface area (Å²) in [6.07, 6.45) is 10.1. The van der Waals surface area contributed by atoms with Crippen molar-refractivity contribution in [2.75, 3.05) is 0 Å². The molecule has 0 saturated heterocycles. The minimum atomic E-state index is -0.690. The monoisotopic (exact) mass is 239 g/mol. The van der Waals surface area contributed by atoms with E-state index in [0.29, 0.717) is 5.41 Å². The molecule has 3 N–H and O–H groups in total. The Hall–Kier alpha value is -0.570. The topological polar surface area (TPSA) is 63.3 Å². The molecule has 0 aliphatic heterocycles. The number of carboxylic acids is 1. The van der Waals surface area contributed by atoms with E-state index >= 15 is 0 Å². The Labute approximate surface area is 104 Å². The van der Waals surface area contributed by atoms with Crippen molar-refractivity contribution in [3.8, 4) is 0 Å². The highest BCUT2D eigenvalue weighted by Crippen LogP contribution is 2.55. The van der Waals surface area contributed by atoms with Gasteiger partial charge in [0.25, 0.3) is 0 Å². The number of carbonyl (C=O) groups is 1. The molecule has 0 amide bonds. The lowest BCUT2D eigenvalue weighted by Crippen LogP contribution is -2.45. The van der Waals surface area contributed by atoms with Crippen LogP contribution < -0.4 is 5.73 Å². The lowest BCUT2D eigenvalue weighted by molar-refractivity contribution is -0.141. The molecule has 1 atom stereocenters. The van der Waals surface area contributed by atoms with E-state index in [-0.39, 0.29) is 17.9 Å². The molecule has 3 nitrogen and oxygen atoms in total. The van der Waals surface area contributed by atoms with Crippen LogP contribution in [0.1, 0.15) is 64.7 Å². The van der Waals surface area contributed by atoms with Crippen LogP contribution in [0.2, 0.25) is 0 Å². The van der Waals surface area contributed by atoms with Crippen molar-refractivity contribution in [3.63, 3.8) is 0 Å². The van der Waals surface area contributed by atoms with E-state index < -0.39 is 5.97 Å².